The smallest absolute Gasteiger partial charge is 0.258 e. The molecule has 0 atom stereocenters. The van der Waals surface area contributed by atoms with Gasteiger partial charge in [-0.3, -0.25) is 9.78 Å². The summed E-state index contributed by atoms with van der Waals surface area (Å²) in [6.07, 6.45) is 3.10. The summed E-state index contributed by atoms with van der Waals surface area (Å²) in [4.78, 5) is 19.2. The molecule has 0 unspecified atom stereocenters. The predicted molar refractivity (Wildman–Crippen MR) is 61.1 cm³/mol. The number of nitrogens with one attached hydrogen (secondary N) is 1. The normalized spacial score (nSPS) is 10.0. The van der Waals surface area contributed by atoms with Gasteiger partial charge in [-0.1, -0.05) is 6.07 Å². The van der Waals surface area contributed by atoms with Gasteiger partial charge in [0.2, 0.25) is 5.95 Å². The zero-order chi connectivity index (χ0) is 12.3. The van der Waals surface area contributed by atoms with E-state index in [2.05, 4.69) is 15.3 Å². The third-order valence-electron chi connectivity index (χ3n) is 2.09. The molecule has 0 aromatic carbocycles. The monoisotopic (exact) mass is 231 g/mol. The van der Waals surface area contributed by atoms with Gasteiger partial charge >= 0.3 is 0 Å². The summed E-state index contributed by atoms with van der Waals surface area (Å²) in [5.74, 6) is -0.819. The highest BCUT2D eigenvalue weighted by Gasteiger charge is 2.07. The lowest BCUT2D eigenvalue weighted by Gasteiger charge is -2.04. The molecule has 0 aliphatic rings. The molecule has 0 saturated carbocycles. The van der Waals surface area contributed by atoms with Gasteiger partial charge in [-0.15, -0.1) is 0 Å². The SMILES string of the molecule is Cc1cncc(C(=O)Nc2cccc(F)n2)c1. The van der Waals surface area contributed by atoms with Crippen molar-refractivity contribution in [2.24, 2.45) is 0 Å². The van der Waals surface area contributed by atoms with Crippen LogP contribution in [0.15, 0.2) is 36.7 Å². The fraction of sp³-hybridized carbons (Fsp3) is 0.0833. The van der Waals surface area contributed by atoms with E-state index in [0.717, 1.165) is 5.56 Å². The van der Waals surface area contributed by atoms with Gasteiger partial charge in [0.25, 0.3) is 5.91 Å². The van der Waals surface area contributed by atoms with Crippen molar-refractivity contribution in [1.82, 2.24) is 9.97 Å². The minimum Gasteiger partial charge on any atom is -0.306 e. The van der Waals surface area contributed by atoms with E-state index in [4.69, 9.17) is 0 Å². The first-order valence-corrected chi connectivity index (χ1v) is 5.01. The molecular weight excluding hydrogens is 221 g/mol. The number of aromatic nitrogens is 2. The standard InChI is InChI=1S/C12H10FN3O/c1-8-5-9(7-14-6-8)12(17)16-11-4-2-3-10(13)15-11/h2-7H,1H3,(H,15,16,17). The fourth-order valence-electron chi connectivity index (χ4n) is 1.35. The van der Waals surface area contributed by atoms with Crippen LogP contribution in [0.5, 0.6) is 0 Å². The molecule has 0 saturated heterocycles. The lowest BCUT2D eigenvalue weighted by atomic mass is 10.2. The van der Waals surface area contributed by atoms with Crippen molar-refractivity contribution < 1.29 is 9.18 Å². The molecule has 5 heteroatoms. The van der Waals surface area contributed by atoms with Crippen molar-refractivity contribution in [3.05, 3.63) is 53.7 Å². The maximum atomic E-state index is 12.8. The molecule has 0 spiro atoms. The number of pyridine rings is 2. The number of hydrogen-bond donors (Lipinski definition) is 1. The lowest BCUT2D eigenvalue weighted by Crippen LogP contribution is -2.13. The van der Waals surface area contributed by atoms with Crippen LogP contribution in [0, 0.1) is 12.9 Å². The van der Waals surface area contributed by atoms with Gasteiger partial charge in [-0.25, -0.2) is 4.98 Å². The molecular formula is C12H10FN3O. The van der Waals surface area contributed by atoms with E-state index in [9.17, 15) is 9.18 Å². The van der Waals surface area contributed by atoms with Crippen LogP contribution < -0.4 is 5.32 Å². The number of hydrogen-bond acceptors (Lipinski definition) is 3. The molecule has 2 aromatic rings. The van der Waals surface area contributed by atoms with Gasteiger partial charge in [0, 0.05) is 12.4 Å². The van der Waals surface area contributed by atoms with Crippen LogP contribution in [-0.4, -0.2) is 15.9 Å². The van der Waals surface area contributed by atoms with Gasteiger partial charge < -0.3 is 5.32 Å². The number of carbonyl (C=O) groups is 1. The predicted octanol–water partition coefficient (Wildman–Crippen LogP) is 2.18. The van der Waals surface area contributed by atoms with Crippen LogP contribution in [0.4, 0.5) is 10.2 Å². The number of halogens is 1. The highest BCUT2D eigenvalue weighted by molar-refractivity contribution is 6.03. The Morgan fingerprint density at radius 2 is 2.18 bits per heavy atom. The van der Waals surface area contributed by atoms with E-state index in [1.165, 1.54) is 24.4 Å². The van der Waals surface area contributed by atoms with Gasteiger partial charge in [-0.2, -0.15) is 4.39 Å². The van der Waals surface area contributed by atoms with Crippen LogP contribution in [-0.2, 0) is 0 Å². The van der Waals surface area contributed by atoms with Crippen LogP contribution in [0.3, 0.4) is 0 Å². The van der Waals surface area contributed by atoms with Gasteiger partial charge in [0.15, 0.2) is 0 Å². The van der Waals surface area contributed by atoms with Crippen molar-refractivity contribution in [2.45, 2.75) is 6.92 Å². The van der Waals surface area contributed by atoms with Crippen LogP contribution in [0.25, 0.3) is 0 Å². The molecule has 0 bridgehead atoms. The number of amides is 1. The molecule has 0 aliphatic heterocycles. The zero-order valence-electron chi connectivity index (χ0n) is 9.14. The first-order valence-electron chi connectivity index (χ1n) is 5.01. The summed E-state index contributed by atoms with van der Waals surface area (Å²) in [5.41, 5.74) is 1.29. The Labute approximate surface area is 97.5 Å². The van der Waals surface area contributed by atoms with Crippen LogP contribution >= 0.6 is 0 Å². The van der Waals surface area contributed by atoms with E-state index < -0.39 is 5.95 Å². The molecule has 1 amide bonds. The molecule has 0 fully saturated rings. The molecule has 2 aromatic heterocycles. The summed E-state index contributed by atoms with van der Waals surface area (Å²) in [7, 11) is 0. The quantitative estimate of drug-likeness (QED) is 0.806. The molecule has 2 rings (SSSR count). The van der Waals surface area contributed by atoms with Crippen molar-refractivity contribution in [3.8, 4) is 0 Å². The molecule has 17 heavy (non-hydrogen) atoms. The number of aryl methyl sites for hydroxylation is 1. The van der Waals surface area contributed by atoms with Gasteiger partial charge in [0.05, 0.1) is 5.56 Å². The van der Waals surface area contributed by atoms with Crippen molar-refractivity contribution >= 4 is 11.7 Å². The molecule has 1 N–H and O–H groups in total. The molecule has 2 heterocycles. The summed E-state index contributed by atoms with van der Waals surface area (Å²) in [5, 5.41) is 2.50. The summed E-state index contributed by atoms with van der Waals surface area (Å²) < 4.78 is 12.8. The second-order valence-corrected chi connectivity index (χ2v) is 3.55. The Kier molecular flexibility index (Phi) is 3.09. The van der Waals surface area contributed by atoms with Crippen molar-refractivity contribution in [1.29, 1.82) is 0 Å². The number of nitrogens with zero attached hydrogens (tertiary/aromatic N) is 2. The molecule has 4 nitrogen and oxygen atoms in total. The Hall–Kier alpha value is -2.30. The third kappa shape index (κ3) is 2.84. The Morgan fingerprint density at radius 3 is 2.88 bits per heavy atom. The average molecular weight is 231 g/mol. The topological polar surface area (TPSA) is 54.9 Å². The molecule has 86 valence electrons. The summed E-state index contributed by atoms with van der Waals surface area (Å²) >= 11 is 0. The van der Waals surface area contributed by atoms with Gasteiger partial charge in [0.1, 0.15) is 5.82 Å². The minimum absolute atomic E-state index is 0.177. The van der Waals surface area contributed by atoms with Gasteiger partial charge in [-0.05, 0) is 30.7 Å². The van der Waals surface area contributed by atoms with Crippen LogP contribution in [0.2, 0.25) is 0 Å². The van der Waals surface area contributed by atoms with E-state index in [1.807, 2.05) is 6.92 Å². The minimum atomic E-state index is -0.634. The van der Waals surface area contributed by atoms with E-state index in [-0.39, 0.29) is 11.7 Å². The fourth-order valence-corrected chi connectivity index (χ4v) is 1.35. The lowest BCUT2D eigenvalue weighted by molar-refractivity contribution is 0.102. The maximum Gasteiger partial charge on any atom is 0.258 e. The van der Waals surface area contributed by atoms with Crippen molar-refractivity contribution in [3.63, 3.8) is 0 Å². The van der Waals surface area contributed by atoms with E-state index in [0.29, 0.717) is 5.56 Å². The third-order valence-corrected chi connectivity index (χ3v) is 2.09. The Morgan fingerprint density at radius 1 is 1.35 bits per heavy atom. The number of carbonyl (C=O) groups excluding carboxylic acids is 1. The molecule has 0 radical (unpaired) electrons. The Bertz CT molecular complexity index is 557. The average Bonchev–Trinajstić information content (AvgIpc) is 2.29. The second kappa shape index (κ2) is 4.69. The Balaban J connectivity index is 2.17. The first kappa shape index (κ1) is 11.2. The summed E-state index contributed by atoms with van der Waals surface area (Å²) in [6.45, 7) is 1.84. The first-order chi connectivity index (χ1) is 8.15. The second-order valence-electron chi connectivity index (χ2n) is 3.55. The number of anilines is 1. The highest BCUT2D eigenvalue weighted by atomic mass is 19.1. The van der Waals surface area contributed by atoms with Crippen molar-refractivity contribution in [2.75, 3.05) is 5.32 Å². The van der Waals surface area contributed by atoms with Crippen LogP contribution in [0.1, 0.15) is 15.9 Å². The number of rotatable bonds is 2. The summed E-state index contributed by atoms with van der Waals surface area (Å²) in [6, 6.07) is 5.90. The van der Waals surface area contributed by atoms with E-state index >= 15 is 0 Å². The zero-order valence-corrected chi connectivity index (χ0v) is 9.14. The largest absolute Gasteiger partial charge is 0.306 e. The highest BCUT2D eigenvalue weighted by Crippen LogP contribution is 2.07. The molecule has 0 aliphatic carbocycles. The van der Waals surface area contributed by atoms with E-state index in [1.54, 1.807) is 12.3 Å². The maximum absolute atomic E-state index is 12.8.